The van der Waals surface area contributed by atoms with Gasteiger partial charge in [-0.3, -0.25) is 14.6 Å². The molecule has 3 heterocycles. The van der Waals surface area contributed by atoms with E-state index in [-0.39, 0.29) is 17.1 Å². The van der Waals surface area contributed by atoms with Gasteiger partial charge in [-0.1, -0.05) is 36.4 Å². The lowest BCUT2D eigenvalue weighted by atomic mass is 9.86. The van der Waals surface area contributed by atoms with E-state index in [1.54, 1.807) is 6.92 Å². The zero-order valence-electron chi connectivity index (χ0n) is 21.1. The zero-order valence-corrected chi connectivity index (χ0v) is 21.1. The number of rotatable bonds is 8. The van der Waals surface area contributed by atoms with Crippen molar-refractivity contribution < 1.29 is 27.8 Å². The summed E-state index contributed by atoms with van der Waals surface area (Å²) in [4.78, 5) is 21.3. The van der Waals surface area contributed by atoms with Crippen molar-refractivity contribution in [3.8, 4) is 0 Å². The quantitative estimate of drug-likeness (QED) is 0.557. The summed E-state index contributed by atoms with van der Waals surface area (Å²) in [6, 6.07) is 13.3. The number of hydrogen-bond donors (Lipinski definition) is 2. The Morgan fingerprint density at radius 2 is 1.76 bits per heavy atom. The van der Waals surface area contributed by atoms with Crippen LogP contribution in [0.15, 0.2) is 48.5 Å². The smallest absolute Gasteiger partial charge is 0.387 e. The van der Waals surface area contributed by atoms with E-state index < -0.39 is 23.9 Å². The van der Waals surface area contributed by atoms with Crippen LogP contribution in [0, 0.1) is 0 Å². The highest BCUT2D eigenvalue weighted by Crippen LogP contribution is 2.31. The van der Waals surface area contributed by atoms with Crippen molar-refractivity contribution in [3.05, 3.63) is 65.5 Å². The second-order valence-electron chi connectivity index (χ2n) is 9.94. The number of nitrogens with one attached hydrogen (secondary N) is 1. The summed E-state index contributed by atoms with van der Waals surface area (Å²) in [6.07, 6.45) is -3.58. The number of carbonyl (C=O) groups excluding carboxylic acids is 1. The van der Waals surface area contributed by atoms with Crippen LogP contribution < -0.4 is 5.32 Å². The molecule has 0 aliphatic carbocycles. The number of pyridine rings is 1. The first-order chi connectivity index (χ1) is 17.7. The lowest BCUT2D eigenvalue weighted by molar-refractivity contribution is -0.141. The Morgan fingerprint density at radius 3 is 2.41 bits per heavy atom. The molecule has 2 atom stereocenters. The number of benzene rings is 1. The molecule has 2 aliphatic rings. The Bertz CT molecular complexity index is 1020. The molecule has 4 rings (SSSR count). The maximum atomic E-state index is 13.1. The van der Waals surface area contributed by atoms with Gasteiger partial charge >= 0.3 is 6.18 Å². The minimum atomic E-state index is -4.56. The van der Waals surface area contributed by atoms with Gasteiger partial charge in [0.25, 0.3) is 0 Å². The lowest BCUT2D eigenvalue weighted by Gasteiger charge is -2.50. The maximum absolute atomic E-state index is 13.1. The number of aliphatic hydroxyl groups is 1. The molecule has 2 aliphatic heterocycles. The van der Waals surface area contributed by atoms with E-state index in [1.165, 1.54) is 12.1 Å². The van der Waals surface area contributed by atoms with Gasteiger partial charge in [-0.2, -0.15) is 13.2 Å². The third-order valence-corrected chi connectivity index (χ3v) is 7.57. The molecule has 0 bridgehead atoms. The predicted molar refractivity (Wildman–Crippen MR) is 133 cm³/mol. The van der Waals surface area contributed by atoms with Crippen molar-refractivity contribution in [1.82, 2.24) is 20.1 Å². The summed E-state index contributed by atoms with van der Waals surface area (Å²) < 4.78 is 44.8. The molecular formula is C27H35F3N4O3. The predicted octanol–water partition coefficient (Wildman–Crippen LogP) is 3.22. The SMILES string of the molecule is CC(C(=O)NCC1(N2CCN(CC(O)c3ccccc3)CC2)CCOCC1)c1cccc(C(F)(F)F)n1. The number of aliphatic hydroxyl groups excluding tert-OH is 1. The summed E-state index contributed by atoms with van der Waals surface area (Å²) >= 11 is 0. The summed E-state index contributed by atoms with van der Waals surface area (Å²) in [6.45, 7) is 6.89. The molecule has 37 heavy (non-hydrogen) atoms. The molecule has 0 spiro atoms. The molecule has 7 nitrogen and oxygen atoms in total. The lowest BCUT2D eigenvalue weighted by Crippen LogP contribution is -2.63. The number of ether oxygens (including phenoxy) is 1. The fraction of sp³-hybridized carbons (Fsp3) is 0.556. The van der Waals surface area contributed by atoms with Crippen LogP contribution in [0.5, 0.6) is 0 Å². The normalized spacial score (nSPS) is 20.8. The van der Waals surface area contributed by atoms with Crippen molar-refractivity contribution in [3.63, 3.8) is 0 Å². The molecule has 10 heteroatoms. The third-order valence-electron chi connectivity index (χ3n) is 7.57. The van der Waals surface area contributed by atoms with E-state index >= 15 is 0 Å². The van der Waals surface area contributed by atoms with Crippen LogP contribution in [0.2, 0.25) is 0 Å². The van der Waals surface area contributed by atoms with Crippen LogP contribution in [-0.2, 0) is 15.7 Å². The first kappa shape index (κ1) is 27.5. The first-order valence-electron chi connectivity index (χ1n) is 12.8. The average molecular weight is 521 g/mol. The van der Waals surface area contributed by atoms with E-state index in [2.05, 4.69) is 20.1 Å². The van der Waals surface area contributed by atoms with Crippen molar-refractivity contribution in [2.24, 2.45) is 0 Å². The molecule has 0 saturated carbocycles. The van der Waals surface area contributed by atoms with Gasteiger partial charge in [0, 0.05) is 58.0 Å². The molecule has 2 saturated heterocycles. The van der Waals surface area contributed by atoms with Gasteiger partial charge in [-0.05, 0) is 37.5 Å². The van der Waals surface area contributed by atoms with Gasteiger partial charge in [0.05, 0.1) is 17.7 Å². The number of halogens is 3. The first-order valence-corrected chi connectivity index (χ1v) is 12.8. The molecule has 1 aromatic heterocycles. The fourth-order valence-corrected chi connectivity index (χ4v) is 5.18. The van der Waals surface area contributed by atoms with E-state index in [9.17, 15) is 23.1 Å². The van der Waals surface area contributed by atoms with Crippen LogP contribution in [0.1, 0.15) is 48.7 Å². The molecule has 2 aromatic rings. The van der Waals surface area contributed by atoms with Crippen molar-refractivity contribution in [2.75, 3.05) is 52.5 Å². The summed E-state index contributed by atoms with van der Waals surface area (Å²) in [5.41, 5.74) is -0.281. The van der Waals surface area contributed by atoms with Crippen molar-refractivity contribution in [1.29, 1.82) is 0 Å². The highest BCUT2D eigenvalue weighted by molar-refractivity contribution is 5.82. The standard InChI is InChI=1S/C27H35F3N4O3/c1-20(22-8-5-9-24(32-22)27(28,29)30)25(36)31-19-26(10-16-37-17-11-26)34-14-12-33(13-15-34)18-23(35)21-6-3-2-4-7-21/h2-9,20,23,35H,10-19H2,1H3,(H,31,36). The highest BCUT2D eigenvalue weighted by atomic mass is 19.4. The molecule has 1 amide bonds. The van der Waals surface area contributed by atoms with Gasteiger partial charge in [0.15, 0.2) is 0 Å². The zero-order chi connectivity index (χ0) is 26.5. The molecule has 1 aromatic carbocycles. The van der Waals surface area contributed by atoms with Crippen molar-refractivity contribution in [2.45, 2.75) is 43.5 Å². The Kier molecular flexibility index (Phi) is 8.84. The van der Waals surface area contributed by atoms with Gasteiger partial charge in [-0.25, -0.2) is 4.98 Å². The Morgan fingerprint density at radius 1 is 1.08 bits per heavy atom. The Hall–Kier alpha value is -2.53. The molecule has 202 valence electrons. The number of piperazine rings is 1. The van der Waals surface area contributed by atoms with E-state index in [4.69, 9.17) is 4.74 Å². The van der Waals surface area contributed by atoms with Gasteiger partial charge in [0.2, 0.25) is 5.91 Å². The topological polar surface area (TPSA) is 77.9 Å². The van der Waals surface area contributed by atoms with E-state index in [0.717, 1.165) is 50.7 Å². The third kappa shape index (κ3) is 6.87. The molecule has 0 radical (unpaired) electrons. The molecule has 2 unspecified atom stereocenters. The minimum Gasteiger partial charge on any atom is -0.387 e. The van der Waals surface area contributed by atoms with E-state index in [0.29, 0.717) is 26.3 Å². The summed E-state index contributed by atoms with van der Waals surface area (Å²) in [7, 11) is 0. The number of nitrogens with zero attached hydrogens (tertiary/aromatic N) is 3. The largest absolute Gasteiger partial charge is 0.433 e. The van der Waals surface area contributed by atoms with Gasteiger partial charge in [0.1, 0.15) is 5.69 Å². The number of aromatic nitrogens is 1. The number of β-amino-alcohol motifs (C(OH)–C–C–N with tert-alkyl or cyclic N) is 1. The Balaban J connectivity index is 1.35. The van der Waals surface area contributed by atoms with Gasteiger partial charge < -0.3 is 15.2 Å². The molecule has 2 fully saturated rings. The number of hydrogen-bond acceptors (Lipinski definition) is 6. The summed E-state index contributed by atoms with van der Waals surface area (Å²) in [5, 5.41) is 13.6. The Labute approximate surface area is 215 Å². The number of alkyl halides is 3. The van der Waals surface area contributed by atoms with Crippen LogP contribution in [0.4, 0.5) is 13.2 Å². The second kappa shape index (κ2) is 11.9. The van der Waals surface area contributed by atoms with Crippen LogP contribution in [0.25, 0.3) is 0 Å². The maximum Gasteiger partial charge on any atom is 0.433 e. The van der Waals surface area contributed by atoms with Crippen LogP contribution in [0.3, 0.4) is 0 Å². The summed E-state index contributed by atoms with van der Waals surface area (Å²) in [5.74, 6) is -1.15. The second-order valence-corrected chi connectivity index (χ2v) is 9.94. The molecule has 2 N–H and O–H groups in total. The minimum absolute atomic E-state index is 0.0962. The van der Waals surface area contributed by atoms with Gasteiger partial charge in [-0.15, -0.1) is 0 Å². The number of carbonyl (C=O) groups is 1. The van der Waals surface area contributed by atoms with E-state index in [1.807, 2.05) is 30.3 Å². The van der Waals surface area contributed by atoms with Crippen LogP contribution in [-0.4, -0.2) is 83.8 Å². The average Bonchev–Trinajstić information content (AvgIpc) is 2.92. The monoisotopic (exact) mass is 520 g/mol. The number of amides is 1. The molecular weight excluding hydrogens is 485 g/mol. The fourth-order valence-electron chi connectivity index (χ4n) is 5.18. The van der Waals surface area contributed by atoms with Crippen molar-refractivity contribution >= 4 is 5.91 Å². The van der Waals surface area contributed by atoms with Crippen LogP contribution >= 0.6 is 0 Å². The highest BCUT2D eigenvalue weighted by Gasteiger charge is 2.40.